The van der Waals surface area contributed by atoms with Crippen molar-refractivity contribution in [1.82, 2.24) is 9.88 Å². The molecule has 1 N–H and O–H groups in total. The van der Waals surface area contributed by atoms with E-state index in [2.05, 4.69) is 11.4 Å². The second-order valence-electron chi connectivity index (χ2n) is 4.01. The third-order valence-electron chi connectivity index (χ3n) is 3.07. The Morgan fingerprint density at radius 1 is 1.47 bits per heavy atom. The van der Waals surface area contributed by atoms with Gasteiger partial charge in [0, 0.05) is 26.1 Å². The summed E-state index contributed by atoms with van der Waals surface area (Å²) in [5, 5.41) is 3.23. The van der Waals surface area contributed by atoms with Crippen LogP contribution in [0, 0.1) is 0 Å². The molecule has 0 bridgehead atoms. The number of oxazole rings is 1. The van der Waals surface area contributed by atoms with Crippen molar-refractivity contribution in [2.24, 2.45) is 7.05 Å². The van der Waals surface area contributed by atoms with Gasteiger partial charge in [-0.15, -0.1) is 0 Å². The fourth-order valence-corrected chi connectivity index (χ4v) is 1.93. The molecule has 0 spiro atoms. The van der Waals surface area contributed by atoms with E-state index in [0.29, 0.717) is 11.5 Å². The van der Waals surface area contributed by atoms with E-state index in [-0.39, 0.29) is 5.76 Å². The first-order valence-corrected chi connectivity index (χ1v) is 5.06. The minimum atomic E-state index is -0.297. The first-order valence-electron chi connectivity index (χ1n) is 5.06. The van der Waals surface area contributed by atoms with Crippen molar-refractivity contribution in [3.05, 3.63) is 34.3 Å². The molecule has 78 valence electrons. The summed E-state index contributed by atoms with van der Waals surface area (Å²) in [4.78, 5) is 11.3. The Balaban J connectivity index is 2.17. The lowest BCUT2D eigenvalue weighted by molar-refractivity contribution is 0.448. The third-order valence-corrected chi connectivity index (χ3v) is 3.07. The molecule has 2 heterocycles. The van der Waals surface area contributed by atoms with Crippen LogP contribution in [0.4, 0.5) is 0 Å². The molecule has 0 unspecified atom stereocenters. The van der Waals surface area contributed by atoms with Gasteiger partial charge in [-0.25, -0.2) is 4.79 Å². The highest BCUT2D eigenvalue weighted by molar-refractivity contribution is 5.73. The van der Waals surface area contributed by atoms with Crippen LogP contribution in [0.25, 0.3) is 11.1 Å². The normalized spacial score (nSPS) is 16.9. The predicted octanol–water partition coefficient (Wildman–Crippen LogP) is 0.818. The first-order chi connectivity index (χ1) is 7.25. The minimum absolute atomic E-state index is 0.297. The summed E-state index contributed by atoms with van der Waals surface area (Å²) < 4.78 is 6.67. The van der Waals surface area contributed by atoms with Gasteiger partial charge in [-0.2, -0.15) is 0 Å². The van der Waals surface area contributed by atoms with Crippen LogP contribution < -0.4 is 11.1 Å². The van der Waals surface area contributed by atoms with Crippen LogP contribution in [0.1, 0.15) is 11.5 Å². The molecular formula is C11H12N2O2. The van der Waals surface area contributed by atoms with Crippen molar-refractivity contribution < 1.29 is 4.42 Å². The van der Waals surface area contributed by atoms with Crippen LogP contribution in [0.3, 0.4) is 0 Å². The molecule has 0 amide bonds. The van der Waals surface area contributed by atoms with Gasteiger partial charge in [0.05, 0.1) is 5.52 Å². The molecule has 1 fully saturated rings. The van der Waals surface area contributed by atoms with Crippen LogP contribution in [-0.4, -0.2) is 17.7 Å². The van der Waals surface area contributed by atoms with Gasteiger partial charge in [-0.3, -0.25) is 4.57 Å². The number of nitrogens with one attached hydrogen (secondary N) is 1. The fraction of sp³-hybridized carbons (Fsp3) is 0.364. The van der Waals surface area contributed by atoms with Gasteiger partial charge in [0.2, 0.25) is 0 Å². The molecule has 1 aliphatic rings. The highest BCUT2D eigenvalue weighted by Crippen LogP contribution is 2.23. The number of rotatable bonds is 1. The van der Waals surface area contributed by atoms with Crippen molar-refractivity contribution in [3.63, 3.8) is 0 Å². The van der Waals surface area contributed by atoms with E-state index in [1.807, 2.05) is 12.1 Å². The number of hydrogen-bond acceptors (Lipinski definition) is 3. The molecule has 1 aliphatic heterocycles. The minimum Gasteiger partial charge on any atom is -0.408 e. The summed E-state index contributed by atoms with van der Waals surface area (Å²) in [6.07, 6.45) is 0. The number of benzene rings is 1. The van der Waals surface area contributed by atoms with E-state index in [0.717, 1.165) is 18.6 Å². The number of hydrogen-bond donors (Lipinski definition) is 1. The van der Waals surface area contributed by atoms with Crippen LogP contribution in [-0.2, 0) is 7.05 Å². The lowest BCUT2D eigenvalue weighted by Gasteiger charge is -2.27. The molecule has 4 heteroatoms. The van der Waals surface area contributed by atoms with Crippen LogP contribution in [0.5, 0.6) is 0 Å². The van der Waals surface area contributed by atoms with Gasteiger partial charge in [-0.05, 0) is 17.7 Å². The first kappa shape index (κ1) is 8.73. The smallest absolute Gasteiger partial charge is 0.408 e. The molecule has 4 nitrogen and oxygen atoms in total. The Kier molecular flexibility index (Phi) is 1.73. The molecule has 15 heavy (non-hydrogen) atoms. The summed E-state index contributed by atoms with van der Waals surface area (Å²) >= 11 is 0. The third kappa shape index (κ3) is 1.22. The summed E-state index contributed by atoms with van der Waals surface area (Å²) in [6.45, 7) is 2.03. The van der Waals surface area contributed by atoms with Crippen LogP contribution in [0.2, 0.25) is 0 Å². The van der Waals surface area contributed by atoms with Crippen LogP contribution in [0.15, 0.2) is 27.4 Å². The maximum Gasteiger partial charge on any atom is 0.419 e. The highest BCUT2D eigenvalue weighted by atomic mass is 16.4. The topological polar surface area (TPSA) is 47.2 Å². The summed E-state index contributed by atoms with van der Waals surface area (Å²) in [7, 11) is 1.72. The highest BCUT2D eigenvalue weighted by Gasteiger charge is 2.19. The average molecular weight is 204 g/mol. The Morgan fingerprint density at radius 3 is 2.93 bits per heavy atom. The van der Waals surface area contributed by atoms with E-state index >= 15 is 0 Å². The van der Waals surface area contributed by atoms with Crippen molar-refractivity contribution in [2.75, 3.05) is 13.1 Å². The second-order valence-corrected chi connectivity index (χ2v) is 4.01. The maximum atomic E-state index is 11.3. The predicted molar refractivity (Wildman–Crippen MR) is 57.1 cm³/mol. The molecule has 1 aromatic carbocycles. The SMILES string of the molecule is Cn1c(=O)oc2cc(C3CNC3)ccc21. The van der Waals surface area contributed by atoms with E-state index in [1.165, 1.54) is 10.1 Å². The van der Waals surface area contributed by atoms with Gasteiger partial charge in [0.15, 0.2) is 5.58 Å². The molecule has 2 aromatic rings. The fourth-order valence-electron chi connectivity index (χ4n) is 1.93. The Labute approximate surface area is 86.5 Å². The molecule has 1 saturated heterocycles. The second kappa shape index (κ2) is 2.97. The molecule has 0 aliphatic carbocycles. The molecule has 0 saturated carbocycles. The Hall–Kier alpha value is -1.55. The average Bonchev–Trinajstić information content (AvgIpc) is 2.40. The number of aromatic nitrogens is 1. The van der Waals surface area contributed by atoms with E-state index in [4.69, 9.17) is 4.42 Å². The largest absolute Gasteiger partial charge is 0.419 e. The van der Waals surface area contributed by atoms with E-state index < -0.39 is 0 Å². The summed E-state index contributed by atoms with van der Waals surface area (Å²) in [5.74, 6) is 0.272. The van der Waals surface area contributed by atoms with Gasteiger partial charge in [0.25, 0.3) is 0 Å². The summed E-state index contributed by atoms with van der Waals surface area (Å²) in [5.41, 5.74) is 2.79. The van der Waals surface area contributed by atoms with Gasteiger partial charge >= 0.3 is 5.76 Å². The van der Waals surface area contributed by atoms with E-state index in [1.54, 1.807) is 7.05 Å². The van der Waals surface area contributed by atoms with Crippen molar-refractivity contribution in [3.8, 4) is 0 Å². The Bertz CT molecular complexity index is 563. The van der Waals surface area contributed by atoms with Crippen LogP contribution >= 0.6 is 0 Å². The molecule has 3 rings (SSSR count). The number of aryl methyl sites for hydroxylation is 1. The standard InChI is InChI=1S/C11H12N2O2/c1-13-9-3-2-7(8-5-12-6-8)4-10(9)15-11(13)14/h2-4,8,12H,5-6H2,1H3. The monoisotopic (exact) mass is 204 g/mol. The van der Waals surface area contributed by atoms with Crippen molar-refractivity contribution >= 4 is 11.1 Å². The lowest BCUT2D eigenvalue weighted by Crippen LogP contribution is -2.39. The van der Waals surface area contributed by atoms with Gasteiger partial charge in [0.1, 0.15) is 0 Å². The maximum absolute atomic E-state index is 11.3. The molecular weight excluding hydrogens is 192 g/mol. The van der Waals surface area contributed by atoms with E-state index in [9.17, 15) is 4.79 Å². The number of nitrogens with zero attached hydrogens (tertiary/aromatic N) is 1. The molecule has 0 radical (unpaired) electrons. The van der Waals surface area contributed by atoms with Gasteiger partial charge < -0.3 is 9.73 Å². The van der Waals surface area contributed by atoms with Crippen molar-refractivity contribution in [2.45, 2.75) is 5.92 Å². The summed E-state index contributed by atoms with van der Waals surface area (Å²) in [6, 6.07) is 6.00. The van der Waals surface area contributed by atoms with Crippen molar-refractivity contribution in [1.29, 1.82) is 0 Å². The zero-order valence-corrected chi connectivity index (χ0v) is 8.49. The Morgan fingerprint density at radius 2 is 2.27 bits per heavy atom. The number of fused-ring (bicyclic) bond motifs is 1. The molecule has 0 atom stereocenters. The quantitative estimate of drug-likeness (QED) is 0.748. The lowest BCUT2D eigenvalue weighted by atomic mass is 9.94. The van der Waals surface area contributed by atoms with Gasteiger partial charge in [-0.1, -0.05) is 6.07 Å². The zero-order valence-electron chi connectivity index (χ0n) is 8.49. The zero-order chi connectivity index (χ0) is 10.4. The molecule has 1 aromatic heterocycles.